The fourth-order valence-corrected chi connectivity index (χ4v) is 2.70. The van der Waals surface area contributed by atoms with Gasteiger partial charge in [-0.15, -0.1) is 0 Å². The van der Waals surface area contributed by atoms with Gasteiger partial charge in [-0.3, -0.25) is 9.88 Å². The number of nitrogens with zero attached hydrogens (tertiary/aromatic N) is 3. The van der Waals surface area contributed by atoms with E-state index < -0.39 is 0 Å². The number of morpholine rings is 1. The van der Waals surface area contributed by atoms with Gasteiger partial charge in [-0.25, -0.2) is 0 Å². The second-order valence-electron chi connectivity index (χ2n) is 5.92. The lowest BCUT2D eigenvalue weighted by Gasteiger charge is -2.31. The van der Waals surface area contributed by atoms with E-state index in [1.165, 1.54) is 17.1 Å². The Hall–Kier alpha value is -1.13. The van der Waals surface area contributed by atoms with Crippen molar-refractivity contribution in [2.75, 3.05) is 44.3 Å². The van der Waals surface area contributed by atoms with Crippen molar-refractivity contribution in [3.05, 3.63) is 23.5 Å². The van der Waals surface area contributed by atoms with Crippen molar-refractivity contribution in [2.45, 2.75) is 40.2 Å². The summed E-state index contributed by atoms with van der Waals surface area (Å²) in [6.45, 7) is 15.5. The van der Waals surface area contributed by atoms with Crippen molar-refractivity contribution in [1.82, 2.24) is 9.88 Å². The summed E-state index contributed by atoms with van der Waals surface area (Å²) in [7, 11) is 0. The molecule has 1 aliphatic rings. The average Bonchev–Trinajstić information content (AvgIpc) is 2.53. The Morgan fingerprint density at radius 2 is 1.86 bits per heavy atom. The minimum Gasteiger partial charge on any atom is -0.378 e. The van der Waals surface area contributed by atoms with Crippen LogP contribution in [0.15, 0.2) is 12.1 Å². The van der Waals surface area contributed by atoms with E-state index in [4.69, 9.17) is 9.72 Å². The summed E-state index contributed by atoms with van der Waals surface area (Å²) >= 11 is 0. The van der Waals surface area contributed by atoms with Crippen LogP contribution in [0.25, 0.3) is 0 Å². The molecule has 1 fully saturated rings. The summed E-state index contributed by atoms with van der Waals surface area (Å²) in [6, 6.07) is 4.44. The van der Waals surface area contributed by atoms with Gasteiger partial charge in [-0.2, -0.15) is 0 Å². The van der Waals surface area contributed by atoms with Crippen LogP contribution in [0.5, 0.6) is 0 Å². The zero-order valence-corrected chi connectivity index (χ0v) is 13.9. The van der Waals surface area contributed by atoms with Crippen molar-refractivity contribution in [1.29, 1.82) is 0 Å². The zero-order chi connectivity index (χ0) is 15.2. The van der Waals surface area contributed by atoms with E-state index in [9.17, 15) is 0 Å². The normalized spacial score (nSPS) is 16.0. The number of hydrogen-bond donors (Lipinski definition) is 0. The largest absolute Gasteiger partial charge is 0.378 e. The minimum absolute atomic E-state index is 0.471. The van der Waals surface area contributed by atoms with E-state index in [1.807, 2.05) is 0 Å². The van der Waals surface area contributed by atoms with E-state index in [0.29, 0.717) is 5.92 Å². The number of ether oxygens (including phenoxy) is 1. The van der Waals surface area contributed by atoms with E-state index in [2.05, 4.69) is 49.6 Å². The maximum atomic E-state index is 5.47. The molecule has 0 bridgehead atoms. The minimum atomic E-state index is 0.471. The molecule has 1 aromatic heterocycles. The third-order valence-corrected chi connectivity index (χ3v) is 4.18. The van der Waals surface area contributed by atoms with Gasteiger partial charge in [0.25, 0.3) is 0 Å². The Morgan fingerprint density at radius 1 is 1.19 bits per heavy atom. The molecule has 0 amide bonds. The zero-order valence-electron chi connectivity index (χ0n) is 13.9. The number of aromatic nitrogens is 1. The highest BCUT2D eigenvalue weighted by Gasteiger charge is 2.18. The van der Waals surface area contributed by atoms with Gasteiger partial charge >= 0.3 is 0 Å². The van der Waals surface area contributed by atoms with Crippen LogP contribution >= 0.6 is 0 Å². The second kappa shape index (κ2) is 7.76. The molecule has 0 radical (unpaired) electrons. The van der Waals surface area contributed by atoms with Crippen molar-refractivity contribution in [2.24, 2.45) is 0 Å². The molecule has 0 aromatic carbocycles. The highest BCUT2D eigenvalue weighted by atomic mass is 16.5. The Morgan fingerprint density at radius 3 is 2.43 bits per heavy atom. The summed E-state index contributed by atoms with van der Waals surface area (Å²) in [5.74, 6) is 0.471. The van der Waals surface area contributed by atoms with Crippen molar-refractivity contribution < 1.29 is 4.74 Å². The first-order chi connectivity index (χ1) is 10.2. The van der Waals surface area contributed by atoms with Crippen LogP contribution in [-0.2, 0) is 11.3 Å². The van der Waals surface area contributed by atoms with Gasteiger partial charge in [0.05, 0.1) is 24.6 Å². The van der Waals surface area contributed by atoms with Gasteiger partial charge in [0, 0.05) is 25.3 Å². The SMILES string of the molecule is CCN(CC)Cc1nc(C(C)C)ccc1N1CCOCC1. The van der Waals surface area contributed by atoms with Gasteiger partial charge in [-0.1, -0.05) is 27.7 Å². The summed E-state index contributed by atoms with van der Waals surface area (Å²) in [6.07, 6.45) is 0. The molecule has 4 nitrogen and oxygen atoms in total. The molecule has 0 N–H and O–H groups in total. The van der Waals surface area contributed by atoms with Crippen LogP contribution in [0.3, 0.4) is 0 Å². The number of anilines is 1. The van der Waals surface area contributed by atoms with Crippen LogP contribution in [0.2, 0.25) is 0 Å². The quantitative estimate of drug-likeness (QED) is 0.806. The average molecular weight is 291 g/mol. The molecule has 0 atom stereocenters. The first kappa shape index (κ1) is 16.2. The highest BCUT2D eigenvalue weighted by molar-refractivity contribution is 5.52. The highest BCUT2D eigenvalue weighted by Crippen LogP contribution is 2.24. The lowest BCUT2D eigenvalue weighted by molar-refractivity contribution is 0.122. The van der Waals surface area contributed by atoms with Crippen molar-refractivity contribution in [3.8, 4) is 0 Å². The van der Waals surface area contributed by atoms with Gasteiger partial charge in [0.2, 0.25) is 0 Å². The number of rotatable bonds is 6. The van der Waals surface area contributed by atoms with Crippen LogP contribution < -0.4 is 4.90 Å². The molecule has 0 spiro atoms. The van der Waals surface area contributed by atoms with E-state index in [-0.39, 0.29) is 0 Å². The van der Waals surface area contributed by atoms with Gasteiger partial charge in [-0.05, 0) is 31.1 Å². The summed E-state index contributed by atoms with van der Waals surface area (Å²) < 4.78 is 5.47. The van der Waals surface area contributed by atoms with Crippen molar-refractivity contribution >= 4 is 5.69 Å². The van der Waals surface area contributed by atoms with Crippen LogP contribution in [0.1, 0.15) is 45.0 Å². The summed E-state index contributed by atoms with van der Waals surface area (Å²) in [5, 5.41) is 0. The Labute approximate surface area is 129 Å². The number of hydrogen-bond acceptors (Lipinski definition) is 4. The van der Waals surface area contributed by atoms with Gasteiger partial charge < -0.3 is 9.64 Å². The summed E-state index contributed by atoms with van der Waals surface area (Å²) in [4.78, 5) is 9.80. The number of pyridine rings is 1. The Kier molecular flexibility index (Phi) is 6.00. The van der Waals surface area contributed by atoms with Crippen LogP contribution in [0, 0.1) is 0 Å². The van der Waals surface area contributed by atoms with Gasteiger partial charge in [0.15, 0.2) is 0 Å². The second-order valence-corrected chi connectivity index (χ2v) is 5.92. The van der Waals surface area contributed by atoms with E-state index in [1.54, 1.807) is 0 Å². The molecule has 21 heavy (non-hydrogen) atoms. The maximum absolute atomic E-state index is 5.47. The standard InChI is InChI=1S/C17H29N3O/c1-5-19(6-2)13-16-17(20-9-11-21-12-10-20)8-7-15(18-16)14(3)4/h7-8,14H,5-6,9-13H2,1-4H3. The predicted molar refractivity (Wildman–Crippen MR) is 88.0 cm³/mol. The Balaban J connectivity index is 2.28. The Bertz CT molecular complexity index is 438. The molecule has 0 saturated carbocycles. The third-order valence-electron chi connectivity index (χ3n) is 4.18. The molecular formula is C17H29N3O. The molecule has 1 saturated heterocycles. The topological polar surface area (TPSA) is 28.6 Å². The van der Waals surface area contributed by atoms with Crippen LogP contribution in [-0.4, -0.2) is 49.3 Å². The maximum Gasteiger partial charge on any atom is 0.0780 e. The first-order valence-corrected chi connectivity index (χ1v) is 8.20. The first-order valence-electron chi connectivity index (χ1n) is 8.20. The molecular weight excluding hydrogens is 262 g/mol. The molecule has 4 heteroatoms. The molecule has 2 rings (SSSR count). The van der Waals surface area contributed by atoms with E-state index >= 15 is 0 Å². The van der Waals surface area contributed by atoms with Gasteiger partial charge in [0.1, 0.15) is 0 Å². The molecule has 1 aromatic rings. The molecule has 0 aliphatic carbocycles. The fourth-order valence-electron chi connectivity index (χ4n) is 2.70. The lowest BCUT2D eigenvalue weighted by atomic mass is 10.1. The predicted octanol–water partition coefficient (Wildman–Crippen LogP) is 2.88. The van der Waals surface area contributed by atoms with Crippen LogP contribution in [0.4, 0.5) is 5.69 Å². The summed E-state index contributed by atoms with van der Waals surface area (Å²) in [5.41, 5.74) is 3.69. The molecule has 0 unspecified atom stereocenters. The molecule has 1 aliphatic heterocycles. The third kappa shape index (κ3) is 4.17. The monoisotopic (exact) mass is 291 g/mol. The van der Waals surface area contributed by atoms with E-state index in [0.717, 1.165) is 45.9 Å². The fraction of sp³-hybridized carbons (Fsp3) is 0.706. The smallest absolute Gasteiger partial charge is 0.0780 e. The van der Waals surface area contributed by atoms with Crippen molar-refractivity contribution in [3.63, 3.8) is 0 Å². The molecule has 2 heterocycles. The lowest BCUT2D eigenvalue weighted by Crippen LogP contribution is -2.37. The molecule has 118 valence electrons.